The van der Waals surface area contributed by atoms with Gasteiger partial charge < -0.3 is 0 Å². The maximum atomic E-state index is 4.37. The molecule has 0 spiro atoms. The van der Waals surface area contributed by atoms with E-state index in [1.165, 1.54) is 11.3 Å². The number of aryl methyl sites for hydroxylation is 1. The number of fused-ring (bicyclic) bond motifs is 1. The van der Waals surface area contributed by atoms with Crippen molar-refractivity contribution in [3.8, 4) is 0 Å². The Balaban J connectivity index is 2.44. The molecule has 1 aliphatic carbocycles. The molecule has 0 aromatic carbocycles. The molecule has 1 aromatic heterocycles. The number of hydrogen-bond acceptors (Lipinski definition) is 1. The zero-order chi connectivity index (χ0) is 7.84. The van der Waals surface area contributed by atoms with Gasteiger partial charge >= 0.3 is 0 Å². The molecule has 1 aromatic rings. The van der Waals surface area contributed by atoms with Gasteiger partial charge in [-0.3, -0.25) is 4.68 Å². The van der Waals surface area contributed by atoms with Crippen LogP contribution in [0.1, 0.15) is 18.2 Å². The first-order valence-corrected chi connectivity index (χ1v) is 3.96. The molecule has 0 radical (unpaired) electrons. The van der Waals surface area contributed by atoms with E-state index >= 15 is 0 Å². The zero-order valence-electron chi connectivity index (χ0n) is 6.91. The van der Waals surface area contributed by atoms with Crippen LogP contribution in [0.3, 0.4) is 0 Å². The van der Waals surface area contributed by atoms with E-state index in [1.54, 1.807) is 0 Å². The summed E-state index contributed by atoms with van der Waals surface area (Å²) in [5.74, 6) is 0.650. The third kappa shape index (κ3) is 1.09. The minimum Gasteiger partial charge on any atom is -0.275 e. The first kappa shape index (κ1) is 6.65. The molecule has 1 atom stereocenters. The van der Waals surface area contributed by atoms with Gasteiger partial charge in [-0.2, -0.15) is 5.10 Å². The van der Waals surface area contributed by atoms with Gasteiger partial charge in [0.1, 0.15) is 0 Å². The van der Waals surface area contributed by atoms with Gasteiger partial charge in [0.25, 0.3) is 0 Å². The largest absolute Gasteiger partial charge is 0.275 e. The van der Waals surface area contributed by atoms with Crippen LogP contribution in [0, 0.1) is 5.92 Å². The average Bonchev–Trinajstić information content (AvgIpc) is 2.27. The maximum absolute atomic E-state index is 4.37. The molecule has 0 aliphatic heterocycles. The predicted molar refractivity (Wildman–Crippen MR) is 45.1 cm³/mol. The van der Waals surface area contributed by atoms with Crippen molar-refractivity contribution >= 4 is 6.08 Å². The normalized spacial score (nSPS) is 21.8. The van der Waals surface area contributed by atoms with E-state index < -0.39 is 0 Å². The molecule has 0 saturated heterocycles. The molecule has 11 heavy (non-hydrogen) atoms. The van der Waals surface area contributed by atoms with Crippen LogP contribution in [0.25, 0.3) is 6.08 Å². The quantitative estimate of drug-likeness (QED) is 0.546. The summed E-state index contributed by atoms with van der Waals surface area (Å²) in [4.78, 5) is 0. The van der Waals surface area contributed by atoms with Crippen molar-refractivity contribution in [3.63, 3.8) is 0 Å². The number of hydrogen-bond donors (Lipinski definition) is 0. The van der Waals surface area contributed by atoms with Crippen LogP contribution >= 0.6 is 0 Å². The molecule has 1 unspecified atom stereocenters. The van der Waals surface area contributed by atoms with Crippen molar-refractivity contribution in [2.45, 2.75) is 13.3 Å². The molecule has 0 amide bonds. The van der Waals surface area contributed by atoms with Crippen molar-refractivity contribution in [1.29, 1.82) is 0 Å². The Morgan fingerprint density at radius 3 is 3.27 bits per heavy atom. The number of aromatic nitrogens is 2. The van der Waals surface area contributed by atoms with Gasteiger partial charge in [0.2, 0.25) is 0 Å². The van der Waals surface area contributed by atoms with Crippen molar-refractivity contribution in [2.75, 3.05) is 0 Å². The van der Waals surface area contributed by atoms with E-state index in [0.717, 1.165) is 6.42 Å². The molecular weight excluding hydrogens is 136 g/mol. The van der Waals surface area contributed by atoms with Crippen LogP contribution in [0.2, 0.25) is 0 Å². The third-order valence-electron chi connectivity index (χ3n) is 2.06. The molecule has 2 heteroatoms. The Bertz CT molecular complexity index is 297. The second-order valence-electron chi connectivity index (χ2n) is 3.25. The minimum atomic E-state index is 0.650. The van der Waals surface area contributed by atoms with Gasteiger partial charge in [0.05, 0.1) is 5.69 Å². The van der Waals surface area contributed by atoms with E-state index in [4.69, 9.17) is 0 Å². The first-order chi connectivity index (χ1) is 5.25. The summed E-state index contributed by atoms with van der Waals surface area (Å²) in [6.45, 7) is 2.22. The highest BCUT2D eigenvalue weighted by atomic mass is 15.2. The standard InChI is InChI=1S/C9H12N2/c1-7-3-4-8-6-11(2)10-9(8)5-7/h3-4,6-7H,5H2,1-2H3. The summed E-state index contributed by atoms with van der Waals surface area (Å²) >= 11 is 0. The number of nitrogens with zero attached hydrogens (tertiary/aromatic N) is 2. The minimum absolute atomic E-state index is 0.650. The van der Waals surface area contributed by atoms with Crippen molar-refractivity contribution in [3.05, 3.63) is 23.5 Å². The van der Waals surface area contributed by atoms with Gasteiger partial charge in [0, 0.05) is 18.8 Å². The fraction of sp³-hybridized carbons (Fsp3) is 0.444. The fourth-order valence-electron chi connectivity index (χ4n) is 1.49. The van der Waals surface area contributed by atoms with E-state index in [-0.39, 0.29) is 0 Å². The Labute approximate surface area is 66.5 Å². The van der Waals surface area contributed by atoms with Gasteiger partial charge in [-0.1, -0.05) is 19.1 Å². The summed E-state index contributed by atoms with van der Waals surface area (Å²) in [6, 6.07) is 0. The molecule has 2 rings (SSSR count). The second kappa shape index (κ2) is 2.22. The van der Waals surface area contributed by atoms with Crippen molar-refractivity contribution in [2.24, 2.45) is 13.0 Å². The molecule has 58 valence electrons. The highest BCUT2D eigenvalue weighted by Crippen LogP contribution is 2.20. The molecule has 2 nitrogen and oxygen atoms in total. The van der Waals surface area contributed by atoms with Crippen LogP contribution in [0.5, 0.6) is 0 Å². The van der Waals surface area contributed by atoms with Crippen LogP contribution in [0.4, 0.5) is 0 Å². The fourth-order valence-corrected chi connectivity index (χ4v) is 1.49. The topological polar surface area (TPSA) is 17.8 Å². The van der Waals surface area contributed by atoms with Crippen molar-refractivity contribution < 1.29 is 0 Å². The van der Waals surface area contributed by atoms with Crippen LogP contribution in [0.15, 0.2) is 12.3 Å². The summed E-state index contributed by atoms with van der Waals surface area (Å²) < 4.78 is 1.88. The number of allylic oxidation sites excluding steroid dienone is 1. The summed E-state index contributed by atoms with van der Waals surface area (Å²) in [7, 11) is 1.97. The van der Waals surface area contributed by atoms with Crippen molar-refractivity contribution in [1.82, 2.24) is 9.78 Å². The molecule has 1 aliphatic rings. The molecule has 0 bridgehead atoms. The predicted octanol–water partition coefficient (Wildman–Crippen LogP) is 1.63. The summed E-state index contributed by atoms with van der Waals surface area (Å²) in [5, 5.41) is 4.37. The highest BCUT2D eigenvalue weighted by molar-refractivity contribution is 5.53. The maximum Gasteiger partial charge on any atom is 0.0702 e. The Morgan fingerprint density at radius 1 is 1.64 bits per heavy atom. The Hall–Kier alpha value is -1.05. The summed E-state index contributed by atoms with van der Waals surface area (Å²) in [6.07, 6.45) is 7.56. The Morgan fingerprint density at radius 2 is 2.45 bits per heavy atom. The van der Waals surface area contributed by atoms with Crippen LogP contribution in [-0.2, 0) is 13.5 Å². The Kier molecular flexibility index (Phi) is 1.34. The van der Waals surface area contributed by atoms with Gasteiger partial charge in [-0.05, 0) is 12.3 Å². The monoisotopic (exact) mass is 148 g/mol. The summed E-state index contributed by atoms with van der Waals surface area (Å²) in [5.41, 5.74) is 2.52. The molecule has 0 N–H and O–H groups in total. The molecule has 0 fully saturated rings. The van der Waals surface area contributed by atoms with Crippen LogP contribution < -0.4 is 0 Å². The highest BCUT2D eigenvalue weighted by Gasteiger charge is 2.12. The number of rotatable bonds is 0. The van der Waals surface area contributed by atoms with Gasteiger partial charge in [0.15, 0.2) is 0 Å². The van der Waals surface area contributed by atoms with Crippen LogP contribution in [-0.4, -0.2) is 9.78 Å². The van der Waals surface area contributed by atoms with E-state index in [2.05, 4.69) is 30.4 Å². The SMILES string of the molecule is CC1C=Cc2cn(C)nc2C1. The lowest BCUT2D eigenvalue weighted by Gasteiger charge is -2.08. The molecular formula is C9H12N2. The molecule has 1 heterocycles. The van der Waals surface area contributed by atoms with E-state index in [0.29, 0.717) is 5.92 Å². The van der Waals surface area contributed by atoms with E-state index in [9.17, 15) is 0 Å². The second-order valence-corrected chi connectivity index (χ2v) is 3.25. The smallest absolute Gasteiger partial charge is 0.0702 e. The lowest BCUT2D eigenvalue weighted by Crippen LogP contribution is -2.02. The van der Waals surface area contributed by atoms with Gasteiger partial charge in [-0.25, -0.2) is 0 Å². The first-order valence-electron chi connectivity index (χ1n) is 3.96. The lowest BCUT2D eigenvalue weighted by molar-refractivity contribution is 0.671. The zero-order valence-corrected chi connectivity index (χ0v) is 6.91. The van der Waals surface area contributed by atoms with E-state index in [1.807, 2.05) is 11.7 Å². The molecule has 0 saturated carbocycles. The lowest BCUT2D eigenvalue weighted by atomic mass is 9.97. The average molecular weight is 148 g/mol. The van der Waals surface area contributed by atoms with Gasteiger partial charge in [-0.15, -0.1) is 0 Å². The third-order valence-corrected chi connectivity index (χ3v) is 2.06.